The molecular formula is C12H19NO3. The Kier molecular flexibility index (Phi) is 3.17. The lowest BCUT2D eigenvalue weighted by atomic mass is 10.1. The summed E-state index contributed by atoms with van der Waals surface area (Å²) in [6.07, 6.45) is 4.14. The third kappa shape index (κ3) is 2.54. The summed E-state index contributed by atoms with van der Waals surface area (Å²) in [7, 11) is 0. The zero-order chi connectivity index (χ0) is 11.7. The minimum absolute atomic E-state index is 0.0630. The molecule has 2 saturated carbocycles. The van der Waals surface area contributed by atoms with Gasteiger partial charge < -0.3 is 10.4 Å². The molecule has 0 saturated heterocycles. The van der Waals surface area contributed by atoms with Crippen molar-refractivity contribution in [3.05, 3.63) is 0 Å². The van der Waals surface area contributed by atoms with Crippen LogP contribution in [0.1, 0.15) is 32.6 Å². The molecule has 2 N–H and O–H groups in total. The first kappa shape index (κ1) is 11.4. The lowest BCUT2D eigenvalue weighted by molar-refractivity contribution is -0.140. The van der Waals surface area contributed by atoms with Crippen LogP contribution >= 0.6 is 0 Å². The number of carbonyl (C=O) groups is 2. The molecule has 4 atom stereocenters. The normalized spacial score (nSPS) is 37.1. The molecule has 0 aromatic rings. The highest BCUT2D eigenvalue weighted by molar-refractivity contribution is 5.89. The molecule has 2 aliphatic carbocycles. The summed E-state index contributed by atoms with van der Waals surface area (Å²) in [6.45, 7) is 2.97. The Balaban J connectivity index is 1.67. The van der Waals surface area contributed by atoms with Crippen LogP contribution in [0.5, 0.6) is 0 Å². The fourth-order valence-corrected chi connectivity index (χ4v) is 2.64. The van der Waals surface area contributed by atoms with Gasteiger partial charge in [0.05, 0.1) is 11.8 Å². The van der Waals surface area contributed by atoms with Crippen molar-refractivity contribution < 1.29 is 14.7 Å². The van der Waals surface area contributed by atoms with Crippen molar-refractivity contribution in [1.29, 1.82) is 0 Å². The highest BCUT2D eigenvalue weighted by atomic mass is 16.4. The Hall–Kier alpha value is -1.06. The van der Waals surface area contributed by atoms with Gasteiger partial charge in [0.2, 0.25) is 5.91 Å². The molecule has 0 spiro atoms. The molecule has 2 rings (SSSR count). The van der Waals surface area contributed by atoms with Gasteiger partial charge in [-0.3, -0.25) is 9.59 Å². The summed E-state index contributed by atoms with van der Waals surface area (Å²) in [5, 5.41) is 11.6. The molecule has 1 amide bonds. The van der Waals surface area contributed by atoms with Crippen LogP contribution in [0.2, 0.25) is 0 Å². The molecule has 0 aromatic heterocycles. The maximum absolute atomic E-state index is 11.6. The number of amides is 1. The molecule has 0 aromatic carbocycles. The molecule has 0 radical (unpaired) electrons. The molecule has 4 nitrogen and oxygen atoms in total. The standard InChI is InChI=1S/C12H19NO3/c1-7-2-3-8(4-7)6-13-11(14)9-5-10(9)12(15)16/h7-10H,2-6H2,1H3,(H,13,14)(H,15,16)/t7?,8?,9-,10+/m1/s1. The molecule has 4 heteroatoms. The van der Waals surface area contributed by atoms with Crippen molar-refractivity contribution in [3.63, 3.8) is 0 Å². The number of carbonyl (C=O) groups excluding carboxylic acids is 1. The van der Waals surface area contributed by atoms with Gasteiger partial charge in [0.15, 0.2) is 0 Å². The second kappa shape index (κ2) is 4.44. The molecule has 2 unspecified atom stereocenters. The van der Waals surface area contributed by atoms with Gasteiger partial charge in [0.25, 0.3) is 0 Å². The Morgan fingerprint density at radius 3 is 2.50 bits per heavy atom. The molecule has 90 valence electrons. The quantitative estimate of drug-likeness (QED) is 0.757. The third-order valence-electron chi connectivity index (χ3n) is 3.81. The summed E-state index contributed by atoms with van der Waals surface area (Å²) in [6, 6.07) is 0. The van der Waals surface area contributed by atoms with Crippen LogP contribution < -0.4 is 5.32 Å². The summed E-state index contributed by atoms with van der Waals surface area (Å²) < 4.78 is 0. The minimum atomic E-state index is -0.838. The van der Waals surface area contributed by atoms with Crippen molar-refractivity contribution >= 4 is 11.9 Å². The summed E-state index contributed by atoms with van der Waals surface area (Å²) in [5.41, 5.74) is 0. The van der Waals surface area contributed by atoms with E-state index in [0.717, 1.165) is 12.5 Å². The lowest BCUT2D eigenvalue weighted by Crippen LogP contribution is -2.30. The van der Waals surface area contributed by atoms with Crippen molar-refractivity contribution in [2.45, 2.75) is 32.6 Å². The Morgan fingerprint density at radius 1 is 1.25 bits per heavy atom. The van der Waals surface area contributed by atoms with E-state index in [0.29, 0.717) is 12.3 Å². The number of carboxylic acid groups (broad SMARTS) is 1. The average molecular weight is 225 g/mol. The highest BCUT2D eigenvalue weighted by Gasteiger charge is 2.48. The van der Waals surface area contributed by atoms with Crippen LogP contribution in [-0.4, -0.2) is 23.5 Å². The SMILES string of the molecule is CC1CCC(CNC(=O)[C@@H]2C[C@@H]2C(=O)O)C1. The fraction of sp³-hybridized carbons (Fsp3) is 0.833. The Bertz CT molecular complexity index is 303. The number of hydrogen-bond donors (Lipinski definition) is 2. The van der Waals surface area contributed by atoms with Crippen molar-refractivity contribution in [2.75, 3.05) is 6.54 Å². The Morgan fingerprint density at radius 2 is 2.00 bits per heavy atom. The smallest absolute Gasteiger partial charge is 0.307 e. The average Bonchev–Trinajstić information content (AvgIpc) is 2.93. The van der Waals surface area contributed by atoms with Crippen molar-refractivity contribution in [3.8, 4) is 0 Å². The second-order valence-corrected chi connectivity index (χ2v) is 5.32. The largest absolute Gasteiger partial charge is 0.481 e. The number of nitrogens with one attached hydrogen (secondary N) is 1. The molecule has 0 heterocycles. The van der Waals surface area contributed by atoms with Gasteiger partial charge in [-0.25, -0.2) is 0 Å². The van der Waals surface area contributed by atoms with Gasteiger partial charge in [0.1, 0.15) is 0 Å². The lowest BCUT2D eigenvalue weighted by Gasteiger charge is -2.10. The number of hydrogen-bond acceptors (Lipinski definition) is 2. The van der Waals surface area contributed by atoms with Crippen molar-refractivity contribution in [1.82, 2.24) is 5.32 Å². The predicted molar refractivity (Wildman–Crippen MR) is 58.7 cm³/mol. The molecule has 0 aliphatic heterocycles. The van der Waals surface area contributed by atoms with E-state index in [2.05, 4.69) is 12.2 Å². The molecule has 2 aliphatic rings. The maximum Gasteiger partial charge on any atom is 0.307 e. The second-order valence-electron chi connectivity index (χ2n) is 5.32. The van der Waals surface area contributed by atoms with Gasteiger partial charge in [0, 0.05) is 6.54 Å². The van der Waals surface area contributed by atoms with Crippen LogP contribution in [0.25, 0.3) is 0 Å². The maximum atomic E-state index is 11.6. The molecule has 0 bridgehead atoms. The molecule has 16 heavy (non-hydrogen) atoms. The number of aliphatic carboxylic acids is 1. The van der Waals surface area contributed by atoms with Crippen molar-refractivity contribution in [2.24, 2.45) is 23.7 Å². The van der Waals surface area contributed by atoms with Crippen LogP contribution in [0.3, 0.4) is 0 Å². The third-order valence-corrected chi connectivity index (χ3v) is 3.81. The first-order valence-electron chi connectivity index (χ1n) is 6.08. The first-order chi connectivity index (χ1) is 7.58. The van der Waals surface area contributed by atoms with Gasteiger partial charge in [-0.05, 0) is 31.1 Å². The van der Waals surface area contributed by atoms with Gasteiger partial charge >= 0.3 is 5.97 Å². The van der Waals surface area contributed by atoms with Crippen LogP contribution in [0, 0.1) is 23.7 Å². The van der Waals surface area contributed by atoms with E-state index in [9.17, 15) is 9.59 Å². The van der Waals surface area contributed by atoms with E-state index in [1.54, 1.807) is 0 Å². The fourth-order valence-electron chi connectivity index (χ4n) is 2.64. The zero-order valence-electron chi connectivity index (χ0n) is 9.61. The summed E-state index contributed by atoms with van der Waals surface area (Å²) in [4.78, 5) is 22.2. The molecule has 2 fully saturated rings. The number of rotatable bonds is 4. The monoisotopic (exact) mass is 225 g/mol. The number of carboxylic acids is 1. The summed E-state index contributed by atoms with van der Waals surface area (Å²) in [5.74, 6) is -0.226. The van der Waals surface area contributed by atoms with E-state index in [-0.39, 0.29) is 11.8 Å². The highest BCUT2D eigenvalue weighted by Crippen LogP contribution is 2.38. The van der Waals surface area contributed by atoms with Crippen LogP contribution in [-0.2, 0) is 9.59 Å². The van der Waals surface area contributed by atoms with Gasteiger partial charge in [-0.15, -0.1) is 0 Å². The van der Waals surface area contributed by atoms with E-state index in [1.807, 2.05) is 0 Å². The van der Waals surface area contributed by atoms with Crippen LogP contribution in [0.4, 0.5) is 0 Å². The zero-order valence-corrected chi connectivity index (χ0v) is 9.61. The van der Waals surface area contributed by atoms with E-state index >= 15 is 0 Å². The van der Waals surface area contributed by atoms with E-state index < -0.39 is 11.9 Å². The topological polar surface area (TPSA) is 66.4 Å². The van der Waals surface area contributed by atoms with Gasteiger partial charge in [-0.2, -0.15) is 0 Å². The van der Waals surface area contributed by atoms with Gasteiger partial charge in [-0.1, -0.05) is 13.3 Å². The molecular weight excluding hydrogens is 206 g/mol. The summed E-state index contributed by atoms with van der Waals surface area (Å²) >= 11 is 0. The van der Waals surface area contributed by atoms with E-state index in [1.165, 1.54) is 19.3 Å². The van der Waals surface area contributed by atoms with E-state index in [4.69, 9.17) is 5.11 Å². The Labute approximate surface area is 95.4 Å². The minimum Gasteiger partial charge on any atom is -0.481 e. The predicted octanol–water partition coefficient (Wildman–Crippen LogP) is 1.26. The van der Waals surface area contributed by atoms with Crippen LogP contribution in [0.15, 0.2) is 0 Å². The first-order valence-corrected chi connectivity index (χ1v) is 6.08.